The number of rotatable bonds is 6. The third-order valence-corrected chi connectivity index (χ3v) is 8.05. The molecule has 0 saturated carbocycles. The van der Waals surface area contributed by atoms with Crippen molar-refractivity contribution < 1.29 is 4.39 Å². The van der Waals surface area contributed by atoms with Crippen molar-refractivity contribution in [1.29, 1.82) is 0 Å². The highest BCUT2D eigenvalue weighted by atomic mass is 32.1. The third-order valence-electron chi connectivity index (χ3n) is 7.06. The zero-order chi connectivity index (χ0) is 24.3. The smallest absolute Gasteiger partial charge is 0.218 e. The lowest BCUT2D eigenvalue weighted by Gasteiger charge is -2.36. The largest absolute Gasteiger partial charge is 0.369 e. The maximum absolute atomic E-state index is 13.3. The molecule has 4 aromatic rings. The summed E-state index contributed by atoms with van der Waals surface area (Å²) in [6.45, 7) is 8.53. The number of hydrogen-bond acceptors (Lipinski definition) is 7. The molecule has 2 aromatic heterocycles. The van der Waals surface area contributed by atoms with Crippen LogP contribution in [-0.4, -0.2) is 72.0 Å². The van der Waals surface area contributed by atoms with E-state index in [0.717, 1.165) is 74.9 Å². The number of anilines is 3. The lowest BCUT2D eigenvalue weighted by Crippen LogP contribution is -2.46. The summed E-state index contributed by atoms with van der Waals surface area (Å²) in [5.74, 6) is -0.188. The van der Waals surface area contributed by atoms with Crippen molar-refractivity contribution in [2.75, 3.05) is 67.1 Å². The van der Waals surface area contributed by atoms with Gasteiger partial charge in [0.15, 0.2) is 0 Å². The molecule has 0 bridgehead atoms. The van der Waals surface area contributed by atoms with Crippen molar-refractivity contribution in [2.45, 2.75) is 6.54 Å². The molecule has 2 aliphatic rings. The van der Waals surface area contributed by atoms with Crippen LogP contribution in [-0.2, 0) is 6.54 Å². The fourth-order valence-electron chi connectivity index (χ4n) is 5.00. The van der Waals surface area contributed by atoms with Gasteiger partial charge in [-0.1, -0.05) is 29.5 Å². The second-order valence-electron chi connectivity index (χ2n) is 9.29. The van der Waals surface area contributed by atoms with Crippen LogP contribution in [0.4, 0.5) is 20.9 Å². The number of hydrogen-bond donors (Lipinski definition) is 0. The van der Waals surface area contributed by atoms with E-state index in [0.29, 0.717) is 0 Å². The predicted octanol–water partition coefficient (Wildman–Crippen LogP) is 4.12. The van der Waals surface area contributed by atoms with Crippen LogP contribution < -0.4 is 14.7 Å². The van der Waals surface area contributed by atoms with Crippen molar-refractivity contribution in [1.82, 2.24) is 19.7 Å². The standard InChI is InChI=1S/C27H30FN7S/c28-22-8-10-24(11-9-22)32-15-13-31(14-16-32)21-25-7-4-12-35(25)27-30-29-26(36-27)34-19-17-33(18-20-34)23-5-2-1-3-6-23/h1-12H,13-21H2. The Kier molecular flexibility index (Phi) is 6.57. The first-order valence-electron chi connectivity index (χ1n) is 12.5. The van der Waals surface area contributed by atoms with E-state index in [1.54, 1.807) is 11.3 Å². The van der Waals surface area contributed by atoms with Gasteiger partial charge in [-0.3, -0.25) is 9.47 Å². The summed E-state index contributed by atoms with van der Waals surface area (Å²) in [5.41, 5.74) is 3.60. The van der Waals surface area contributed by atoms with Gasteiger partial charge in [-0.15, -0.1) is 10.2 Å². The van der Waals surface area contributed by atoms with Gasteiger partial charge in [0.25, 0.3) is 0 Å². The normalized spacial score (nSPS) is 17.1. The topological polar surface area (TPSA) is 43.7 Å². The Bertz CT molecular complexity index is 1260. The van der Waals surface area contributed by atoms with Gasteiger partial charge in [0.05, 0.1) is 0 Å². The summed E-state index contributed by atoms with van der Waals surface area (Å²) >= 11 is 1.66. The summed E-state index contributed by atoms with van der Waals surface area (Å²) in [5, 5.41) is 11.0. The van der Waals surface area contributed by atoms with E-state index in [2.05, 4.69) is 83.0 Å². The molecule has 2 aliphatic heterocycles. The number of para-hydroxylation sites is 1. The molecule has 9 heteroatoms. The molecule has 186 valence electrons. The fraction of sp³-hybridized carbons (Fsp3) is 0.333. The van der Waals surface area contributed by atoms with Crippen LogP contribution in [0.15, 0.2) is 72.9 Å². The first-order chi connectivity index (χ1) is 17.7. The minimum Gasteiger partial charge on any atom is -0.369 e. The molecule has 2 fully saturated rings. The van der Waals surface area contributed by atoms with E-state index in [1.807, 2.05) is 12.1 Å². The average Bonchev–Trinajstić information content (AvgIpc) is 3.60. The predicted molar refractivity (Wildman–Crippen MR) is 144 cm³/mol. The van der Waals surface area contributed by atoms with E-state index >= 15 is 0 Å². The van der Waals surface area contributed by atoms with Crippen molar-refractivity contribution in [3.05, 3.63) is 84.4 Å². The highest BCUT2D eigenvalue weighted by molar-refractivity contribution is 7.17. The van der Waals surface area contributed by atoms with Gasteiger partial charge in [-0.2, -0.15) is 0 Å². The summed E-state index contributed by atoms with van der Waals surface area (Å²) in [6, 6.07) is 21.7. The lowest BCUT2D eigenvalue weighted by atomic mass is 10.2. The summed E-state index contributed by atoms with van der Waals surface area (Å²) < 4.78 is 15.4. The van der Waals surface area contributed by atoms with E-state index in [-0.39, 0.29) is 5.82 Å². The molecule has 0 spiro atoms. The van der Waals surface area contributed by atoms with Crippen molar-refractivity contribution in [2.24, 2.45) is 0 Å². The average molecular weight is 504 g/mol. The highest BCUT2D eigenvalue weighted by Gasteiger charge is 2.22. The van der Waals surface area contributed by atoms with Crippen molar-refractivity contribution in [3.8, 4) is 5.13 Å². The van der Waals surface area contributed by atoms with Crippen LogP contribution in [0, 0.1) is 5.82 Å². The molecule has 0 unspecified atom stereocenters. The van der Waals surface area contributed by atoms with Gasteiger partial charge >= 0.3 is 0 Å². The first-order valence-corrected chi connectivity index (χ1v) is 13.3. The molecule has 6 rings (SSSR count). The molecular weight excluding hydrogens is 473 g/mol. The monoisotopic (exact) mass is 503 g/mol. The van der Waals surface area contributed by atoms with Gasteiger partial charge in [0, 0.05) is 82.2 Å². The molecule has 7 nitrogen and oxygen atoms in total. The van der Waals surface area contributed by atoms with Crippen LogP contribution in [0.1, 0.15) is 5.69 Å². The molecule has 2 saturated heterocycles. The molecule has 0 amide bonds. The maximum atomic E-state index is 13.3. The lowest BCUT2D eigenvalue weighted by molar-refractivity contribution is 0.246. The quantitative estimate of drug-likeness (QED) is 0.395. The van der Waals surface area contributed by atoms with E-state index in [4.69, 9.17) is 0 Å². The Morgan fingerprint density at radius 1 is 0.639 bits per heavy atom. The van der Waals surface area contributed by atoms with Gasteiger partial charge in [-0.25, -0.2) is 4.39 Å². The minimum absolute atomic E-state index is 0.188. The number of aromatic nitrogens is 3. The number of halogens is 1. The molecule has 0 N–H and O–H groups in total. The zero-order valence-electron chi connectivity index (χ0n) is 20.2. The summed E-state index contributed by atoms with van der Waals surface area (Å²) in [7, 11) is 0. The fourth-order valence-corrected chi connectivity index (χ4v) is 5.92. The Balaban J connectivity index is 1.06. The second kappa shape index (κ2) is 10.3. The van der Waals surface area contributed by atoms with Gasteiger partial charge in [0.2, 0.25) is 10.3 Å². The molecule has 0 radical (unpaired) electrons. The van der Waals surface area contributed by atoms with Crippen LogP contribution in [0.25, 0.3) is 5.13 Å². The van der Waals surface area contributed by atoms with Crippen LogP contribution in [0.2, 0.25) is 0 Å². The van der Waals surface area contributed by atoms with Crippen molar-refractivity contribution in [3.63, 3.8) is 0 Å². The zero-order valence-corrected chi connectivity index (χ0v) is 21.0. The van der Waals surface area contributed by atoms with Crippen molar-refractivity contribution >= 4 is 27.8 Å². The van der Waals surface area contributed by atoms with Gasteiger partial charge in [0.1, 0.15) is 5.82 Å². The van der Waals surface area contributed by atoms with E-state index in [1.165, 1.54) is 23.5 Å². The first kappa shape index (κ1) is 23.0. The Hall–Kier alpha value is -3.43. The number of piperazine rings is 2. The SMILES string of the molecule is Fc1ccc(N2CCN(Cc3cccn3-c3nnc(N4CCN(c5ccccc5)CC4)s3)CC2)cc1. The summed E-state index contributed by atoms with van der Waals surface area (Å²) in [4.78, 5) is 9.57. The third kappa shape index (κ3) is 4.94. The molecular formula is C27H30FN7S. The van der Waals surface area contributed by atoms with E-state index < -0.39 is 0 Å². The van der Waals surface area contributed by atoms with Crippen LogP contribution in [0.3, 0.4) is 0 Å². The molecule has 4 heterocycles. The maximum Gasteiger partial charge on any atom is 0.218 e. The highest BCUT2D eigenvalue weighted by Crippen LogP contribution is 2.27. The van der Waals surface area contributed by atoms with Gasteiger partial charge in [-0.05, 0) is 48.5 Å². The Morgan fingerprint density at radius 3 is 1.97 bits per heavy atom. The molecule has 0 atom stereocenters. The molecule has 0 aliphatic carbocycles. The Morgan fingerprint density at radius 2 is 1.25 bits per heavy atom. The Labute approximate surface area is 215 Å². The molecule has 2 aromatic carbocycles. The number of benzene rings is 2. The minimum atomic E-state index is -0.188. The van der Waals surface area contributed by atoms with Gasteiger partial charge < -0.3 is 14.7 Å². The number of nitrogens with zero attached hydrogens (tertiary/aromatic N) is 7. The van der Waals surface area contributed by atoms with Crippen LogP contribution >= 0.6 is 11.3 Å². The summed E-state index contributed by atoms with van der Waals surface area (Å²) in [6.07, 6.45) is 2.09. The molecule has 36 heavy (non-hydrogen) atoms. The van der Waals surface area contributed by atoms with Crippen LogP contribution in [0.5, 0.6) is 0 Å². The second-order valence-corrected chi connectivity index (χ2v) is 10.2. The van der Waals surface area contributed by atoms with E-state index in [9.17, 15) is 4.39 Å².